The van der Waals surface area contributed by atoms with Crippen LogP contribution in [0.3, 0.4) is 0 Å². The van der Waals surface area contributed by atoms with E-state index in [1.54, 1.807) is 36.4 Å². The van der Waals surface area contributed by atoms with Crippen molar-refractivity contribution in [2.45, 2.75) is 26.2 Å². The predicted octanol–water partition coefficient (Wildman–Crippen LogP) is 7.26. The molecular formula is C26H23Br2ClN2O5. The van der Waals surface area contributed by atoms with Gasteiger partial charge >= 0.3 is 5.97 Å². The molecular weight excluding hydrogens is 616 g/mol. The Labute approximate surface area is 230 Å². The summed E-state index contributed by atoms with van der Waals surface area (Å²) in [6.45, 7) is 1.40. The van der Waals surface area contributed by atoms with Gasteiger partial charge in [0.1, 0.15) is 11.5 Å². The number of benzene rings is 3. The molecule has 0 heterocycles. The monoisotopic (exact) mass is 636 g/mol. The molecule has 0 aliphatic rings. The molecule has 0 saturated heterocycles. The van der Waals surface area contributed by atoms with E-state index in [2.05, 4.69) is 42.5 Å². The Morgan fingerprint density at radius 3 is 2.17 bits per heavy atom. The highest BCUT2D eigenvalue weighted by molar-refractivity contribution is 9.10. The van der Waals surface area contributed by atoms with Crippen molar-refractivity contribution in [3.8, 4) is 11.5 Å². The molecule has 2 amide bonds. The van der Waals surface area contributed by atoms with Crippen LogP contribution in [0.4, 0.5) is 11.4 Å². The lowest BCUT2D eigenvalue weighted by Crippen LogP contribution is -2.21. The fourth-order valence-corrected chi connectivity index (χ4v) is 3.93. The van der Waals surface area contributed by atoms with Gasteiger partial charge in [-0.15, -0.1) is 0 Å². The van der Waals surface area contributed by atoms with E-state index in [-0.39, 0.29) is 18.7 Å². The van der Waals surface area contributed by atoms with E-state index in [1.165, 1.54) is 0 Å². The first kappa shape index (κ1) is 27.7. The zero-order valence-electron chi connectivity index (χ0n) is 19.3. The number of anilines is 2. The molecule has 0 saturated carbocycles. The Balaban J connectivity index is 1.34. The van der Waals surface area contributed by atoms with Crippen molar-refractivity contribution in [1.29, 1.82) is 0 Å². The van der Waals surface area contributed by atoms with E-state index >= 15 is 0 Å². The van der Waals surface area contributed by atoms with Gasteiger partial charge in [0.25, 0.3) is 5.91 Å². The molecule has 2 N–H and O–H groups in total. The van der Waals surface area contributed by atoms with Gasteiger partial charge in [-0.25, -0.2) is 0 Å². The molecule has 7 nitrogen and oxygen atoms in total. The minimum atomic E-state index is -0.557. The third-order valence-corrected chi connectivity index (χ3v) is 6.60. The van der Waals surface area contributed by atoms with E-state index < -0.39 is 18.5 Å². The molecule has 0 bridgehead atoms. The van der Waals surface area contributed by atoms with Gasteiger partial charge < -0.3 is 20.1 Å². The standard InChI is InChI=1S/C26H23Br2ClN2O5/c1-16-13-21(28)22(29)14-23(16)31-25(33)15-35-26(34)4-2-3-24(32)30-18-7-11-20(12-8-18)36-19-9-5-17(27)6-10-19/h5-14H,2-4,15H2,1H3,(H,30,32)(H,31,33). The Hall–Kier alpha value is -2.88. The van der Waals surface area contributed by atoms with Crippen LogP contribution in [0.15, 0.2) is 69.6 Å². The second kappa shape index (κ2) is 13.4. The summed E-state index contributed by atoms with van der Waals surface area (Å²) in [6.07, 6.45) is 0.442. The Bertz CT molecular complexity index is 1230. The fraction of sp³-hybridized carbons (Fsp3) is 0.192. The van der Waals surface area contributed by atoms with Gasteiger partial charge in [-0.3, -0.25) is 14.4 Å². The number of carbonyl (C=O) groups is 3. The van der Waals surface area contributed by atoms with Crippen molar-refractivity contribution in [3.05, 3.63) is 80.2 Å². The van der Waals surface area contributed by atoms with Crippen LogP contribution in [-0.4, -0.2) is 24.4 Å². The first-order valence-corrected chi connectivity index (χ1v) is 12.9. The number of aryl methyl sites for hydroxylation is 1. The summed E-state index contributed by atoms with van der Waals surface area (Å²) in [7, 11) is 0. The normalized spacial score (nSPS) is 10.4. The van der Waals surface area contributed by atoms with Gasteiger partial charge in [-0.05, 0) is 95.5 Å². The lowest BCUT2D eigenvalue weighted by Gasteiger charge is -2.10. The largest absolute Gasteiger partial charge is 0.457 e. The number of amides is 2. The number of esters is 1. The van der Waals surface area contributed by atoms with Gasteiger partial charge in [0.15, 0.2) is 6.61 Å². The minimum absolute atomic E-state index is 0.0177. The molecule has 0 aliphatic carbocycles. The molecule has 36 heavy (non-hydrogen) atoms. The van der Waals surface area contributed by atoms with Crippen LogP contribution >= 0.6 is 43.5 Å². The van der Waals surface area contributed by atoms with Gasteiger partial charge in [0.2, 0.25) is 5.91 Å². The molecule has 10 heteroatoms. The van der Waals surface area contributed by atoms with Crippen molar-refractivity contribution in [3.63, 3.8) is 0 Å². The van der Waals surface area contributed by atoms with Crippen LogP contribution in [0.5, 0.6) is 11.5 Å². The van der Waals surface area contributed by atoms with Crippen LogP contribution in [0, 0.1) is 6.92 Å². The Kier molecular flexibility index (Phi) is 10.3. The van der Waals surface area contributed by atoms with Crippen molar-refractivity contribution in [1.82, 2.24) is 0 Å². The zero-order valence-corrected chi connectivity index (χ0v) is 23.2. The number of carbonyl (C=O) groups excluding carboxylic acids is 3. The highest BCUT2D eigenvalue weighted by Gasteiger charge is 2.12. The van der Waals surface area contributed by atoms with Crippen LogP contribution in [0.2, 0.25) is 5.02 Å². The molecule has 3 aromatic carbocycles. The predicted molar refractivity (Wildman–Crippen MR) is 147 cm³/mol. The van der Waals surface area contributed by atoms with Crippen molar-refractivity contribution < 1.29 is 23.9 Å². The van der Waals surface area contributed by atoms with E-state index in [0.717, 1.165) is 14.5 Å². The topological polar surface area (TPSA) is 93.7 Å². The average Bonchev–Trinajstić information content (AvgIpc) is 2.84. The summed E-state index contributed by atoms with van der Waals surface area (Å²) in [5.41, 5.74) is 1.96. The fourth-order valence-electron chi connectivity index (χ4n) is 3.05. The maximum atomic E-state index is 12.2. The van der Waals surface area contributed by atoms with Gasteiger partial charge in [0, 0.05) is 33.2 Å². The second-order valence-corrected chi connectivity index (χ2v) is 9.95. The Morgan fingerprint density at radius 1 is 0.861 bits per heavy atom. The number of nitrogens with one attached hydrogen (secondary N) is 2. The molecule has 0 aromatic heterocycles. The van der Waals surface area contributed by atoms with Gasteiger partial charge in [0.05, 0.1) is 5.02 Å². The smallest absolute Gasteiger partial charge is 0.306 e. The quantitative estimate of drug-likeness (QED) is 0.228. The second-order valence-electron chi connectivity index (χ2n) is 7.77. The summed E-state index contributed by atoms with van der Waals surface area (Å²) in [5, 5.41) is 5.89. The molecule has 188 valence electrons. The summed E-state index contributed by atoms with van der Waals surface area (Å²) in [4.78, 5) is 36.2. The summed E-state index contributed by atoms with van der Waals surface area (Å²) < 4.78 is 12.4. The molecule has 0 radical (unpaired) electrons. The van der Waals surface area contributed by atoms with Crippen LogP contribution < -0.4 is 15.4 Å². The number of rotatable bonds is 10. The third kappa shape index (κ3) is 8.96. The molecule has 3 aromatic rings. The van der Waals surface area contributed by atoms with Crippen LogP contribution in [0.1, 0.15) is 24.8 Å². The summed E-state index contributed by atoms with van der Waals surface area (Å²) in [6, 6.07) is 17.8. The van der Waals surface area contributed by atoms with E-state index in [0.29, 0.717) is 34.3 Å². The van der Waals surface area contributed by atoms with Gasteiger partial charge in [-0.2, -0.15) is 0 Å². The van der Waals surface area contributed by atoms with Crippen LogP contribution in [-0.2, 0) is 19.1 Å². The highest BCUT2D eigenvalue weighted by Crippen LogP contribution is 2.29. The first-order valence-electron chi connectivity index (χ1n) is 10.9. The van der Waals surface area contributed by atoms with E-state index in [1.807, 2.05) is 31.2 Å². The van der Waals surface area contributed by atoms with Gasteiger partial charge in [-0.1, -0.05) is 27.5 Å². The molecule has 3 rings (SSSR count). The van der Waals surface area contributed by atoms with Crippen molar-refractivity contribution >= 4 is 72.6 Å². The summed E-state index contributed by atoms with van der Waals surface area (Å²) >= 11 is 12.7. The highest BCUT2D eigenvalue weighted by atomic mass is 79.9. The molecule has 0 atom stereocenters. The lowest BCUT2D eigenvalue weighted by molar-refractivity contribution is -0.147. The van der Waals surface area contributed by atoms with E-state index in [4.69, 9.17) is 21.1 Å². The number of hydrogen-bond acceptors (Lipinski definition) is 5. The summed E-state index contributed by atoms with van der Waals surface area (Å²) in [5.74, 6) is 0.0745. The molecule has 0 fully saturated rings. The minimum Gasteiger partial charge on any atom is -0.457 e. The van der Waals surface area contributed by atoms with E-state index in [9.17, 15) is 14.4 Å². The molecule has 0 unspecified atom stereocenters. The maximum absolute atomic E-state index is 12.2. The first-order chi connectivity index (χ1) is 17.2. The van der Waals surface area contributed by atoms with Crippen LogP contribution in [0.25, 0.3) is 0 Å². The van der Waals surface area contributed by atoms with Crippen molar-refractivity contribution in [2.24, 2.45) is 0 Å². The number of hydrogen-bond donors (Lipinski definition) is 2. The number of halogens is 3. The number of ether oxygens (including phenoxy) is 2. The maximum Gasteiger partial charge on any atom is 0.306 e. The molecule has 0 spiro atoms. The zero-order chi connectivity index (χ0) is 26.1. The van der Waals surface area contributed by atoms with Crippen molar-refractivity contribution in [2.75, 3.05) is 17.2 Å². The Morgan fingerprint density at radius 2 is 1.50 bits per heavy atom. The SMILES string of the molecule is Cc1cc(Br)c(Cl)cc1NC(=O)COC(=O)CCCC(=O)Nc1ccc(Oc2ccc(Br)cc2)cc1. The lowest BCUT2D eigenvalue weighted by atomic mass is 10.2. The third-order valence-electron chi connectivity index (χ3n) is 4.88. The molecule has 0 aliphatic heterocycles. The average molecular weight is 639 g/mol.